The fourth-order valence-electron chi connectivity index (χ4n) is 2.70. The van der Waals surface area contributed by atoms with Crippen LogP contribution in [0.25, 0.3) is 0 Å². The van der Waals surface area contributed by atoms with E-state index in [2.05, 4.69) is 73.8 Å². The average molecular weight is 281 g/mol. The van der Waals surface area contributed by atoms with Crippen LogP contribution in [0, 0.1) is 6.92 Å². The molecule has 0 bridgehead atoms. The van der Waals surface area contributed by atoms with Gasteiger partial charge in [0.1, 0.15) is 0 Å². The van der Waals surface area contributed by atoms with Crippen LogP contribution in [0.1, 0.15) is 36.5 Å². The first-order valence-electron chi connectivity index (χ1n) is 8.10. The molecule has 0 fully saturated rings. The van der Waals surface area contributed by atoms with E-state index in [0.29, 0.717) is 6.04 Å². The summed E-state index contributed by atoms with van der Waals surface area (Å²) in [6.45, 7) is 5.47. The van der Waals surface area contributed by atoms with E-state index in [4.69, 9.17) is 0 Å². The summed E-state index contributed by atoms with van der Waals surface area (Å²) in [4.78, 5) is 0. The van der Waals surface area contributed by atoms with Gasteiger partial charge in [0.25, 0.3) is 0 Å². The molecule has 0 aromatic heterocycles. The van der Waals surface area contributed by atoms with Crippen molar-refractivity contribution in [1.82, 2.24) is 5.32 Å². The lowest BCUT2D eigenvalue weighted by atomic mass is 10.0. The third-order valence-corrected chi connectivity index (χ3v) is 3.93. The Balaban J connectivity index is 1.82. The molecule has 1 nitrogen and oxygen atoms in total. The standard InChI is InChI=1S/C20H27N/c1-3-7-20(16-19-12-10-17(2)11-13-19)21-15-14-18-8-5-4-6-9-18/h4-6,8-13,20-21H,3,7,14-16H2,1-2H3. The zero-order valence-electron chi connectivity index (χ0n) is 13.3. The number of nitrogens with one attached hydrogen (secondary N) is 1. The van der Waals surface area contributed by atoms with Crippen molar-refractivity contribution in [3.8, 4) is 0 Å². The molecule has 0 aliphatic rings. The SMILES string of the molecule is CCCC(Cc1ccc(C)cc1)NCCc1ccccc1. The molecule has 0 aliphatic heterocycles. The van der Waals surface area contributed by atoms with Crippen molar-refractivity contribution >= 4 is 0 Å². The number of aryl methyl sites for hydroxylation is 1. The summed E-state index contributed by atoms with van der Waals surface area (Å²) in [5, 5.41) is 3.73. The van der Waals surface area contributed by atoms with Crippen LogP contribution in [-0.4, -0.2) is 12.6 Å². The molecule has 0 aliphatic carbocycles. The van der Waals surface area contributed by atoms with Crippen LogP contribution in [-0.2, 0) is 12.8 Å². The molecule has 112 valence electrons. The number of rotatable bonds is 8. The molecule has 0 amide bonds. The van der Waals surface area contributed by atoms with Crippen molar-refractivity contribution in [1.29, 1.82) is 0 Å². The predicted molar refractivity (Wildman–Crippen MR) is 91.7 cm³/mol. The lowest BCUT2D eigenvalue weighted by molar-refractivity contribution is 0.476. The highest BCUT2D eigenvalue weighted by atomic mass is 14.9. The second kappa shape index (κ2) is 8.63. The van der Waals surface area contributed by atoms with Crippen molar-refractivity contribution in [3.63, 3.8) is 0 Å². The van der Waals surface area contributed by atoms with E-state index in [0.717, 1.165) is 19.4 Å². The van der Waals surface area contributed by atoms with Gasteiger partial charge in [-0.15, -0.1) is 0 Å². The van der Waals surface area contributed by atoms with E-state index in [1.54, 1.807) is 0 Å². The molecule has 1 unspecified atom stereocenters. The minimum Gasteiger partial charge on any atom is -0.313 e. The molecule has 0 spiro atoms. The Hall–Kier alpha value is -1.60. The average Bonchev–Trinajstić information content (AvgIpc) is 2.51. The summed E-state index contributed by atoms with van der Waals surface area (Å²) in [5.41, 5.74) is 4.18. The Morgan fingerprint density at radius 3 is 2.29 bits per heavy atom. The lowest BCUT2D eigenvalue weighted by Gasteiger charge is -2.18. The van der Waals surface area contributed by atoms with Crippen LogP contribution in [0.5, 0.6) is 0 Å². The van der Waals surface area contributed by atoms with Crippen LogP contribution in [0.2, 0.25) is 0 Å². The van der Waals surface area contributed by atoms with Gasteiger partial charge >= 0.3 is 0 Å². The molecular weight excluding hydrogens is 254 g/mol. The molecule has 1 atom stereocenters. The second-order valence-electron chi connectivity index (χ2n) is 5.87. The van der Waals surface area contributed by atoms with Gasteiger partial charge in [0, 0.05) is 6.04 Å². The Morgan fingerprint density at radius 1 is 0.905 bits per heavy atom. The zero-order valence-corrected chi connectivity index (χ0v) is 13.3. The van der Waals surface area contributed by atoms with Gasteiger partial charge in [-0.05, 0) is 43.9 Å². The molecule has 0 saturated carbocycles. The lowest BCUT2D eigenvalue weighted by Crippen LogP contribution is -2.32. The fraction of sp³-hybridized carbons (Fsp3) is 0.400. The first-order valence-corrected chi connectivity index (χ1v) is 8.10. The summed E-state index contributed by atoms with van der Waals surface area (Å²) < 4.78 is 0. The maximum Gasteiger partial charge on any atom is 0.0107 e. The summed E-state index contributed by atoms with van der Waals surface area (Å²) in [7, 11) is 0. The third kappa shape index (κ3) is 5.73. The summed E-state index contributed by atoms with van der Waals surface area (Å²) >= 11 is 0. The molecule has 1 heteroatoms. The summed E-state index contributed by atoms with van der Waals surface area (Å²) in [6, 6.07) is 20.2. The molecule has 0 saturated heterocycles. The van der Waals surface area contributed by atoms with Crippen molar-refractivity contribution in [2.24, 2.45) is 0 Å². The Labute approximate surface area is 129 Å². The molecular formula is C20H27N. The van der Waals surface area contributed by atoms with Gasteiger partial charge in [0.15, 0.2) is 0 Å². The normalized spacial score (nSPS) is 12.3. The fourth-order valence-corrected chi connectivity index (χ4v) is 2.70. The topological polar surface area (TPSA) is 12.0 Å². The minimum absolute atomic E-state index is 0.585. The van der Waals surface area contributed by atoms with Crippen LogP contribution >= 0.6 is 0 Å². The maximum absolute atomic E-state index is 3.73. The third-order valence-electron chi connectivity index (χ3n) is 3.93. The maximum atomic E-state index is 3.73. The molecule has 21 heavy (non-hydrogen) atoms. The minimum atomic E-state index is 0.585. The van der Waals surface area contributed by atoms with Gasteiger partial charge in [0.2, 0.25) is 0 Å². The highest BCUT2D eigenvalue weighted by Crippen LogP contribution is 2.09. The Morgan fingerprint density at radius 2 is 1.62 bits per heavy atom. The summed E-state index contributed by atoms with van der Waals surface area (Å²) in [6.07, 6.45) is 4.70. The Bertz CT molecular complexity index is 501. The van der Waals surface area contributed by atoms with Gasteiger partial charge in [-0.25, -0.2) is 0 Å². The monoisotopic (exact) mass is 281 g/mol. The van der Waals surface area contributed by atoms with E-state index in [-0.39, 0.29) is 0 Å². The number of benzene rings is 2. The largest absolute Gasteiger partial charge is 0.313 e. The van der Waals surface area contributed by atoms with E-state index in [1.807, 2.05) is 0 Å². The number of hydrogen-bond donors (Lipinski definition) is 1. The van der Waals surface area contributed by atoms with Crippen LogP contribution in [0.15, 0.2) is 54.6 Å². The molecule has 2 aromatic carbocycles. The smallest absolute Gasteiger partial charge is 0.0107 e. The zero-order chi connectivity index (χ0) is 14.9. The van der Waals surface area contributed by atoms with E-state index in [1.165, 1.54) is 29.5 Å². The molecule has 0 radical (unpaired) electrons. The highest BCUT2D eigenvalue weighted by molar-refractivity contribution is 5.22. The predicted octanol–water partition coefficient (Wildman–Crippen LogP) is 4.54. The quantitative estimate of drug-likeness (QED) is 0.749. The molecule has 2 rings (SSSR count). The van der Waals surface area contributed by atoms with Crippen LogP contribution < -0.4 is 5.32 Å². The van der Waals surface area contributed by atoms with Gasteiger partial charge in [-0.1, -0.05) is 73.5 Å². The molecule has 1 N–H and O–H groups in total. The van der Waals surface area contributed by atoms with Gasteiger partial charge in [-0.3, -0.25) is 0 Å². The van der Waals surface area contributed by atoms with Crippen molar-refractivity contribution in [2.45, 2.75) is 45.6 Å². The second-order valence-corrected chi connectivity index (χ2v) is 5.87. The van der Waals surface area contributed by atoms with E-state index in [9.17, 15) is 0 Å². The van der Waals surface area contributed by atoms with Crippen molar-refractivity contribution < 1.29 is 0 Å². The highest BCUT2D eigenvalue weighted by Gasteiger charge is 2.08. The van der Waals surface area contributed by atoms with Gasteiger partial charge < -0.3 is 5.32 Å². The van der Waals surface area contributed by atoms with E-state index >= 15 is 0 Å². The van der Waals surface area contributed by atoms with Gasteiger partial charge in [0.05, 0.1) is 0 Å². The molecule has 0 heterocycles. The summed E-state index contributed by atoms with van der Waals surface area (Å²) in [5.74, 6) is 0. The van der Waals surface area contributed by atoms with Crippen LogP contribution in [0.3, 0.4) is 0 Å². The molecule has 2 aromatic rings. The number of hydrogen-bond acceptors (Lipinski definition) is 1. The Kier molecular flexibility index (Phi) is 6.49. The van der Waals surface area contributed by atoms with Crippen molar-refractivity contribution in [2.75, 3.05) is 6.54 Å². The first kappa shape index (κ1) is 15.8. The van der Waals surface area contributed by atoms with E-state index < -0.39 is 0 Å². The van der Waals surface area contributed by atoms with Gasteiger partial charge in [-0.2, -0.15) is 0 Å². The van der Waals surface area contributed by atoms with Crippen molar-refractivity contribution in [3.05, 3.63) is 71.3 Å². The first-order chi connectivity index (χ1) is 10.3. The van der Waals surface area contributed by atoms with Crippen LogP contribution in [0.4, 0.5) is 0 Å².